The molecule has 306 valence electrons. The van der Waals surface area contributed by atoms with E-state index in [0.29, 0.717) is 65.0 Å². The number of hydrogen-bond acceptors (Lipinski definition) is 13. The topological polar surface area (TPSA) is 237 Å². The summed E-state index contributed by atoms with van der Waals surface area (Å²) in [6.45, 7) is 4.06. The van der Waals surface area contributed by atoms with Crippen LogP contribution >= 0.6 is 23.4 Å². The van der Waals surface area contributed by atoms with E-state index in [2.05, 4.69) is 20.2 Å². The molecule has 0 radical (unpaired) electrons. The van der Waals surface area contributed by atoms with Crippen molar-refractivity contribution in [3.8, 4) is 5.75 Å². The van der Waals surface area contributed by atoms with Crippen LogP contribution in [-0.2, 0) is 19.2 Å². The number of primary amides is 1. The summed E-state index contributed by atoms with van der Waals surface area (Å²) in [6.07, 6.45) is 6.72. The minimum atomic E-state index is -1.27. The fourth-order valence-electron chi connectivity index (χ4n) is 7.54. The molecular formula is C40H46ClN9O7S. The Morgan fingerprint density at radius 2 is 1.74 bits per heavy atom. The minimum absolute atomic E-state index is 0.0271. The van der Waals surface area contributed by atoms with Gasteiger partial charge >= 0.3 is 0 Å². The number of hydrogen-bond donors (Lipinski definition) is 4. The number of fused-ring (bicyclic) bond motifs is 1. The zero-order valence-electron chi connectivity index (χ0n) is 32.1. The van der Waals surface area contributed by atoms with Crippen LogP contribution in [0, 0.1) is 5.41 Å². The number of nitrogens with zero attached hydrogens (tertiary/aromatic N) is 5. The lowest BCUT2D eigenvalue weighted by Gasteiger charge is -2.37. The van der Waals surface area contributed by atoms with Crippen LogP contribution in [-0.4, -0.2) is 88.1 Å². The number of anilines is 3. The number of carbonyl (C=O) groups is 6. The van der Waals surface area contributed by atoms with E-state index in [1.54, 1.807) is 41.4 Å². The number of aromatic nitrogens is 2. The van der Waals surface area contributed by atoms with Crippen LogP contribution in [0.3, 0.4) is 0 Å². The number of imide groups is 2. The molecule has 7 N–H and O–H groups in total. The molecule has 3 fully saturated rings. The molecule has 1 aromatic heterocycles. The van der Waals surface area contributed by atoms with Gasteiger partial charge in [0.1, 0.15) is 28.1 Å². The van der Waals surface area contributed by atoms with Gasteiger partial charge < -0.3 is 31.7 Å². The molecule has 4 heterocycles. The second-order valence-corrected chi connectivity index (χ2v) is 17.0. The van der Waals surface area contributed by atoms with Crippen molar-refractivity contribution in [1.29, 1.82) is 0 Å². The van der Waals surface area contributed by atoms with Gasteiger partial charge in [0.15, 0.2) is 5.82 Å². The molecule has 2 aromatic carbocycles. The number of nitrogen functional groups attached to an aromatic ring is 1. The van der Waals surface area contributed by atoms with Gasteiger partial charge in [-0.2, -0.15) is 0 Å². The van der Waals surface area contributed by atoms with Gasteiger partial charge in [-0.25, -0.2) is 9.97 Å². The monoisotopic (exact) mass is 831 g/mol. The third kappa shape index (κ3) is 8.20. The molecule has 0 bridgehead atoms. The van der Waals surface area contributed by atoms with Crippen LogP contribution in [0.15, 0.2) is 52.5 Å². The van der Waals surface area contributed by atoms with Crippen LogP contribution in [0.25, 0.3) is 0 Å². The van der Waals surface area contributed by atoms with Crippen LogP contribution in [0.1, 0.15) is 91.8 Å². The standard InChI is InChI=1S/C40H46ClN9O7S/c1-39(44)16-19-48(20-17-39)28-22-45-34(32(42)46-28)58-27-11-7-9-24(31(27)41)49(38(56)40(14-15-40)37(43)55)18-4-2-3-5-21-57-26-10-6-8-23-30(26)36(54)50(35(23)53)25-12-13-29(51)47-33(25)52/h6-11,22,25H,2-5,12-21,44H2,1H3,(H2,42,46)(H2,43,55)(H,47,51,52). The maximum atomic E-state index is 14.0. The molecule has 1 saturated carbocycles. The van der Waals surface area contributed by atoms with Crippen LogP contribution in [0.4, 0.5) is 17.3 Å². The van der Waals surface area contributed by atoms with Gasteiger partial charge in [0.25, 0.3) is 11.8 Å². The Labute approximate surface area is 344 Å². The number of amides is 6. The normalized spacial score (nSPS) is 19.5. The predicted octanol–water partition coefficient (Wildman–Crippen LogP) is 3.82. The Kier molecular flexibility index (Phi) is 11.7. The lowest BCUT2D eigenvalue weighted by molar-refractivity contribution is -0.137. The maximum Gasteiger partial charge on any atom is 0.266 e. The highest BCUT2D eigenvalue weighted by Gasteiger charge is 2.57. The van der Waals surface area contributed by atoms with Crippen molar-refractivity contribution in [2.45, 2.75) is 92.6 Å². The molecule has 3 aliphatic heterocycles. The highest BCUT2D eigenvalue weighted by atomic mass is 35.5. The molecule has 18 heteroatoms. The number of benzene rings is 2. The number of piperidine rings is 2. The summed E-state index contributed by atoms with van der Waals surface area (Å²) in [7, 11) is 0. The van der Waals surface area contributed by atoms with Crippen molar-refractivity contribution >= 4 is 76.1 Å². The van der Waals surface area contributed by atoms with Gasteiger partial charge in [-0.1, -0.05) is 48.3 Å². The van der Waals surface area contributed by atoms with Gasteiger partial charge in [-0.15, -0.1) is 0 Å². The highest BCUT2D eigenvalue weighted by Crippen LogP contribution is 2.49. The number of unbranched alkanes of at least 4 members (excludes halogenated alkanes) is 3. The van der Waals surface area contributed by atoms with Gasteiger partial charge in [0.05, 0.1) is 34.6 Å². The van der Waals surface area contributed by atoms with Gasteiger partial charge in [-0.05, 0) is 76.1 Å². The number of ether oxygens (including phenoxy) is 1. The van der Waals surface area contributed by atoms with Gasteiger partial charge in [-0.3, -0.25) is 39.0 Å². The van der Waals surface area contributed by atoms with Gasteiger partial charge in [0.2, 0.25) is 23.6 Å². The Balaban J connectivity index is 0.969. The summed E-state index contributed by atoms with van der Waals surface area (Å²) in [5.41, 5.74) is 17.6. The number of halogens is 1. The second kappa shape index (κ2) is 16.5. The highest BCUT2D eigenvalue weighted by molar-refractivity contribution is 7.99. The van der Waals surface area contributed by atoms with Crippen molar-refractivity contribution in [1.82, 2.24) is 20.2 Å². The first-order valence-electron chi connectivity index (χ1n) is 19.4. The lowest BCUT2D eigenvalue weighted by atomic mass is 9.91. The smallest absolute Gasteiger partial charge is 0.266 e. The molecular weight excluding hydrogens is 786 g/mol. The van der Waals surface area contributed by atoms with Crippen molar-refractivity contribution in [2.75, 3.05) is 41.8 Å². The zero-order chi connectivity index (χ0) is 41.4. The van der Waals surface area contributed by atoms with Crippen molar-refractivity contribution < 1.29 is 33.5 Å². The number of nitrogens with two attached hydrogens (primary N) is 3. The first kappa shape index (κ1) is 40.9. The average Bonchev–Trinajstić information content (AvgIpc) is 3.97. The summed E-state index contributed by atoms with van der Waals surface area (Å²) < 4.78 is 5.98. The SMILES string of the molecule is CC1(N)CCN(c2cnc(Sc3cccc(N(CCCCCCOc4cccc5c4C(=O)N(C4CCC(=O)NC4=O)C5=O)C(=O)C4(C(N)=O)CC4)c3Cl)c(N)n2)CC1. The van der Waals surface area contributed by atoms with E-state index in [-0.39, 0.29) is 54.2 Å². The molecule has 1 atom stereocenters. The zero-order valence-corrected chi connectivity index (χ0v) is 33.7. The van der Waals surface area contributed by atoms with E-state index in [9.17, 15) is 28.8 Å². The lowest BCUT2D eigenvalue weighted by Crippen LogP contribution is -2.54. The Morgan fingerprint density at radius 1 is 1.02 bits per heavy atom. The number of carbonyl (C=O) groups excluding carboxylic acids is 6. The molecule has 4 aliphatic rings. The largest absolute Gasteiger partial charge is 0.493 e. The molecule has 7 rings (SSSR count). The fourth-order valence-corrected chi connectivity index (χ4v) is 8.69. The number of rotatable bonds is 15. The Morgan fingerprint density at radius 3 is 2.43 bits per heavy atom. The average molecular weight is 832 g/mol. The third-order valence-corrected chi connectivity index (χ3v) is 12.8. The van der Waals surface area contributed by atoms with E-state index in [1.165, 1.54) is 17.8 Å². The Hall–Kier alpha value is -5.26. The fraction of sp³-hybridized carbons (Fsp3) is 0.450. The van der Waals surface area contributed by atoms with Crippen LogP contribution < -0.4 is 37.1 Å². The summed E-state index contributed by atoms with van der Waals surface area (Å²) in [5, 5.41) is 2.96. The minimum Gasteiger partial charge on any atom is -0.493 e. The van der Waals surface area contributed by atoms with E-state index in [4.69, 9.17) is 33.5 Å². The molecule has 1 unspecified atom stereocenters. The summed E-state index contributed by atoms with van der Waals surface area (Å²) in [6, 6.07) is 8.98. The van der Waals surface area contributed by atoms with Gasteiger partial charge in [0, 0.05) is 36.5 Å². The Bertz CT molecular complexity index is 2170. The quantitative estimate of drug-likeness (QED) is 0.0970. The van der Waals surface area contributed by atoms with E-state index in [1.807, 2.05) is 6.92 Å². The molecule has 1 aliphatic carbocycles. The van der Waals surface area contributed by atoms with E-state index < -0.39 is 46.9 Å². The van der Waals surface area contributed by atoms with E-state index in [0.717, 1.165) is 30.8 Å². The summed E-state index contributed by atoms with van der Waals surface area (Å²) >= 11 is 8.24. The first-order chi connectivity index (χ1) is 27.7. The molecule has 0 spiro atoms. The second-order valence-electron chi connectivity index (χ2n) is 15.5. The van der Waals surface area contributed by atoms with Crippen LogP contribution in [0.5, 0.6) is 5.75 Å². The predicted molar refractivity (Wildman–Crippen MR) is 216 cm³/mol. The summed E-state index contributed by atoms with van der Waals surface area (Å²) in [5.74, 6) is -2.26. The number of nitrogens with one attached hydrogen (secondary N) is 1. The van der Waals surface area contributed by atoms with E-state index >= 15 is 0 Å². The molecule has 16 nitrogen and oxygen atoms in total. The molecule has 58 heavy (non-hydrogen) atoms. The molecule has 3 aromatic rings. The first-order valence-corrected chi connectivity index (χ1v) is 20.6. The summed E-state index contributed by atoms with van der Waals surface area (Å²) in [4.78, 5) is 91.5. The van der Waals surface area contributed by atoms with Crippen molar-refractivity contribution in [2.24, 2.45) is 16.9 Å². The maximum absolute atomic E-state index is 14.0. The third-order valence-electron chi connectivity index (χ3n) is 11.3. The molecule has 6 amide bonds. The van der Waals surface area contributed by atoms with Crippen molar-refractivity contribution in [3.63, 3.8) is 0 Å². The van der Waals surface area contributed by atoms with Crippen LogP contribution in [0.2, 0.25) is 5.02 Å². The molecule has 2 saturated heterocycles. The van der Waals surface area contributed by atoms with Crippen molar-refractivity contribution in [3.05, 3.63) is 58.7 Å².